The molecular weight excluding hydrogens is 460 g/mol. The number of ether oxygens (including phenoxy) is 2. The van der Waals surface area contributed by atoms with Crippen LogP contribution in [0.25, 0.3) is 10.4 Å². The second-order valence-electron chi connectivity index (χ2n) is 8.41. The Morgan fingerprint density at radius 2 is 1.36 bits per heavy atom. The summed E-state index contributed by atoms with van der Waals surface area (Å²) in [6.07, 6.45) is -2.20. The van der Waals surface area contributed by atoms with Crippen molar-refractivity contribution in [1.29, 1.82) is 0 Å². The molecule has 0 aromatic heterocycles. The van der Waals surface area contributed by atoms with Crippen LogP contribution in [0.15, 0.2) is 96.1 Å². The van der Waals surface area contributed by atoms with Gasteiger partial charge in [0.1, 0.15) is 0 Å². The summed E-state index contributed by atoms with van der Waals surface area (Å²) in [4.78, 5) is 30.8. The van der Waals surface area contributed by atoms with E-state index in [4.69, 9.17) is 9.47 Å². The number of carbonyl (C=O) groups excluding carboxylic acids is 2. The zero-order valence-electron chi connectivity index (χ0n) is 19.5. The van der Waals surface area contributed by atoms with Gasteiger partial charge in [0.15, 0.2) is 12.2 Å². The third-order valence-corrected chi connectivity index (χ3v) is 6.09. The van der Waals surface area contributed by atoms with Crippen molar-refractivity contribution in [3.05, 3.63) is 118 Å². The van der Waals surface area contributed by atoms with Crippen molar-refractivity contribution < 1.29 is 24.2 Å². The highest BCUT2D eigenvalue weighted by Crippen LogP contribution is 2.29. The van der Waals surface area contributed by atoms with E-state index in [0.29, 0.717) is 17.7 Å². The zero-order valence-corrected chi connectivity index (χ0v) is 19.5. The first-order chi connectivity index (χ1) is 17.6. The Kier molecular flexibility index (Phi) is 8.31. The van der Waals surface area contributed by atoms with Crippen LogP contribution in [-0.2, 0) is 16.0 Å². The molecule has 9 heteroatoms. The van der Waals surface area contributed by atoms with Crippen molar-refractivity contribution in [2.45, 2.75) is 30.8 Å². The van der Waals surface area contributed by atoms with Gasteiger partial charge in [-0.3, -0.25) is 4.90 Å². The minimum atomic E-state index is -1.11. The van der Waals surface area contributed by atoms with Crippen LogP contribution in [-0.4, -0.2) is 59.4 Å². The van der Waals surface area contributed by atoms with Crippen molar-refractivity contribution >= 4 is 11.9 Å². The van der Waals surface area contributed by atoms with E-state index >= 15 is 0 Å². The molecule has 1 aliphatic heterocycles. The third-order valence-electron chi connectivity index (χ3n) is 6.09. The number of rotatable bonds is 8. The Morgan fingerprint density at radius 1 is 0.861 bits per heavy atom. The predicted octanol–water partition coefficient (Wildman–Crippen LogP) is 3.99. The largest absolute Gasteiger partial charge is 0.454 e. The molecule has 1 aliphatic rings. The lowest BCUT2D eigenvalue weighted by atomic mass is 9.91. The lowest BCUT2D eigenvalue weighted by Gasteiger charge is -2.46. The minimum absolute atomic E-state index is 0.191. The SMILES string of the molecule is [N-]=[N+]=N[C@H]1CN(Cc2ccccc2)[C@H](CO)[C@@H](OC(=O)c2ccccc2)[C@@H]1OC(=O)c1ccccc1. The molecule has 0 aliphatic carbocycles. The van der Waals surface area contributed by atoms with Gasteiger partial charge in [0, 0.05) is 18.0 Å². The van der Waals surface area contributed by atoms with Crippen molar-refractivity contribution in [3.8, 4) is 0 Å². The van der Waals surface area contributed by atoms with Crippen molar-refractivity contribution in [3.63, 3.8) is 0 Å². The number of hydrogen-bond acceptors (Lipinski definition) is 7. The Morgan fingerprint density at radius 3 is 1.86 bits per heavy atom. The number of azide groups is 1. The molecule has 3 aromatic carbocycles. The summed E-state index contributed by atoms with van der Waals surface area (Å²) in [7, 11) is 0. The average molecular weight is 487 g/mol. The maximum atomic E-state index is 13.0. The molecule has 3 aromatic rings. The number of likely N-dealkylation sites (tertiary alicyclic amines) is 1. The molecule has 184 valence electrons. The summed E-state index contributed by atoms with van der Waals surface area (Å²) < 4.78 is 11.7. The van der Waals surface area contributed by atoms with Gasteiger partial charge in [-0.05, 0) is 35.4 Å². The number of esters is 2. The smallest absolute Gasteiger partial charge is 0.338 e. The monoisotopic (exact) mass is 486 g/mol. The summed E-state index contributed by atoms with van der Waals surface area (Å²) in [6, 6.07) is 24.8. The second kappa shape index (κ2) is 12.0. The standard InChI is InChI=1S/C27H26N4O5/c28-30-29-22-17-31(16-19-10-4-1-5-11-19)23(18-32)25(36-27(34)21-14-8-3-9-15-21)24(22)35-26(33)20-12-6-2-7-13-20/h1-15,22-25,32H,16-18H2/t22-,23+,24+,25+/m0/s1. The van der Waals surface area contributed by atoms with E-state index in [2.05, 4.69) is 10.0 Å². The van der Waals surface area contributed by atoms with Gasteiger partial charge >= 0.3 is 11.9 Å². The molecule has 1 saturated heterocycles. The first kappa shape index (κ1) is 24.9. The molecule has 1 N–H and O–H groups in total. The number of aliphatic hydroxyl groups excluding tert-OH is 1. The third kappa shape index (κ3) is 5.90. The number of benzene rings is 3. The molecular formula is C27H26N4O5. The van der Waals surface area contributed by atoms with Crippen LogP contribution in [0.1, 0.15) is 26.3 Å². The van der Waals surface area contributed by atoms with Crippen LogP contribution in [0.3, 0.4) is 0 Å². The quantitative estimate of drug-likeness (QED) is 0.222. The van der Waals surface area contributed by atoms with Crippen molar-refractivity contribution in [1.82, 2.24) is 4.90 Å². The van der Waals surface area contributed by atoms with E-state index in [1.807, 2.05) is 35.2 Å². The summed E-state index contributed by atoms with van der Waals surface area (Å²) >= 11 is 0. The Balaban J connectivity index is 1.68. The summed E-state index contributed by atoms with van der Waals surface area (Å²) in [6.45, 7) is 0.223. The highest BCUT2D eigenvalue weighted by Gasteiger charge is 2.48. The lowest BCUT2D eigenvalue weighted by Crippen LogP contribution is -2.63. The van der Waals surface area contributed by atoms with Gasteiger partial charge in [-0.25, -0.2) is 9.59 Å². The number of piperidine rings is 1. The molecule has 9 nitrogen and oxygen atoms in total. The normalized spacial score (nSPS) is 21.7. The van der Waals surface area contributed by atoms with E-state index in [1.165, 1.54) is 0 Å². The Hall–Kier alpha value is -4.17. The van der Waals surface area contributed by atoms with E-state index in [0.717, 1.165) is 5.56 Å². The predicted molar refractivity (Wildman–Crippen MR) is 132 cm³/mol. The van der Waals surface area contributed by atoms with Gasteiger partial charge in [0.25, 0.3) is 0 Å². The zero-order chi connectivity index (χ0) is 25.3. The molecule has 1 fully saturated rings. The second-order valence-corrected chi connectivity index (χ2v) is 8.41. The Labute approximate surface area is 208 Å². The fraction of sp³-hybridized carbons (Fsp3) is 0.259. The summed E-state index contributed by atoms with van der Waals surface area (Å²) in [5, 5.41) is 14.3. The van der Waals surface area contributed by atoms with Crippen LogP contribution >= 0.6 is 0 Å². The van der Waals surface area contributed by atoms with Crippen LogP contribution in [0.2, 0.25) is 0 Å². The van der Waals surface area contributed by atoms with Crippen LogP contribution in [0.4, 0.5) is 0 Å². The first-order valence-electron chi connectivity index (χ1n) is 11.6. The van der Waals surface area contributed by atoms with Crippen molar-refractivity contribution in [2.24, 2.45) is 5.11 Å². The average Bonchev–Trinajstić information content (AvgIpc) is 2.92. The lowest BCUT2D eigenvalue weighted by molar-refractivity contribution is -0.114. The number of aliphatic hydroxyl groups is 1. The maximum Gasteiger partial charge on any atom is 0.338 e. The van der Waals surface area contributed by atoms with E-state index < -0.39 is 36.2 Å². The van der Waals surface area contributed by atoms with Gasteiger partial charge in [0.2, 0.25) is 0 Å². The molecule has 1 heterocycles. The molecule has 0 saturated carbocycles. The molecule has 0 bridgehead atoms. The molecule has 0 spiro atoms. The molecule has 0 amide bonds. The van der Waals surface area contributed by atoms with E-state index in [9.17, 15) is 20.2 Å². The summed E-state index contributed by atoms with van der Waals surface area (Å²) in [5.41, 5.74) is 10.8. The van der Waals surface area contributed by atoms with E-state index in [-0.39, 0.29) is 13.2 Å². The fourth-order valence-corrected chi connectivity index (χ4v) is 4.34. The summed E-state index contributed by atoms with van der Waals surface area (Å²) in [5.74, 6) is -1.28. The van der Waals surface area contributed by atoms with Crippen LogP contribution in [0, 0.1) is 0 Å². The maximum absolute atomic E-state index is 13.0. The van der Waals surface area contributed by atoms with Gasteiger partial charge in [0.05, 0.1) is 29.8 Å². The highest BCUT2D eigenvalue weighted by molar-refractivity contribution is 5.90. The minimum Gasteiger partial charge on any atom is -0.454 e. The molecule has 0 radical (unpaired) electrons. The number of nitrogens with zero attached hydrogens (tertiary/aromatic N) is 4. The molecule has 4 rings (SSSR count). The molecule has 36 heavy (non-hydrogen) atoms. The Bertz CT molecular complexity index is 1200. The molecule has 4 atom stereocenters. The van der Waals surface area contributed by atoms with Crippen LogP contribution < -0.4 is 0 Å². The topological polar surface area (TPSA) is 125 Å². The van der Waals surface area contributed by atoms with Gasteiger partial charge in [-0.1, -0.05) is 71.8 Å². The van der Waals surface area contributed by atoms with Gasteiger partial charge < -0.3 is 14.6 Å². The number of hydrogen-bond donors (Lipinski definition) is 1. The van der Waals surface area contributed by atoms with Gasteiger partial charge in [-0.2, -0.15) is 0 Å². The van der Waals surface area contributed by atoms with Gasteiger partial charge in [-0.15, -0.1) is 0 Å². The molecule has 0 unspecified atom stereocenters. The fourth-order valence-electron chi connectivity index (χ4n) is 4.34. The number of carbonyl (C=O) groups is 2. The van der Waals surface area contributed by atoms with Crippen LogP contribution in [0.5, 0.6) is 0 Å². The highest BCUT2D eigenvalue weighted by atomic mass is 16.6. The van der Waals surface area contributed by atoms with E-state index in [1.54, 1.807) is 60.7 Å². The first-order valence-corrected chi connectivity index (χ1v) is 11.6. The van der Waals surface area contributed by atoms with Crippen molar-refractivity contribution in [2.75, 3.05) is 13.2 Å².